The van der Waals surface area contributed by atoms with Crippen molar-refractivity contribution in [1.82, 2.24) is 25.3 Å². The molecule has 1 aromatic carbocycles. The zero-order chi connectivity index (χ0) is 23.4. The van der Waals surface area contributed by atoms with Crippen LogP contribution in [0.5, 0.6) is 0 Å². The van der Waals surface area contributed by atoms with Crippen molar-refractivity contribution in [2.45, 2.75) is 76.8 Å². The molecular formula is C25H34ClN5O2. The predicted octanol–water partition coefficient (Wildman–Crippen LogP) is 4.89. The van der Waals surface area contributed by atoms with Gasteiger partial charge in [-0.05, 0) is 55.9 Å². The van der Waals surface area contributed by atoms with Gasteiger partial charge in [-0.15, -0.1) is 0 Å². The van der Waals surface area contributed by atoms with Gasteiger partial charge in [0.05, 0.1) is 23.1 Å². The highest BCUT2D eigenvalue weighted by Crippen LogP contribution is 2.25. The Morgan fingerprint density at radius 1 is 0.970 bits per heavy atom. The third kappa shape index (κ3) is 5.69. The number of aromatic nitrogens is 2. The smallest absolute Gasteiger partial charge is 0.317 e. The number of piperidine rings is 1. The van der Waals surface area contributed by atoms with Crippen LogP contribution >= 0.6 is 11.6 Å². The molecule has 1 aromatic heterocycles. The zero-order valence-electron chi connectivity index (χ0n) is 19.5. The number of nitrogens with zero attached hydrogens (tertiary/aromatic N) is 3. The van der Waals surface area contributed by atoms with Gasteiger partial charge in [-0.3, -0.25) is 4.79 Å². The van der Waals surface area contributed by atoms with Crippen molar-refractivity contribution < 1.29 is 9.59 Å². The van der Waals surface area contributed by atoms with Crippen LogP contribution in [-0.4, -0.2) is 51.8 Å². The molecule has 178 valence electrons. The van der Waals surface area contributed by atoms with Crippen LogP contribution in [0.1, 0.15) is 80.8 Å². The molecule has 0 unspecified atom stereocenters. The van der Waals surface area contributed by atoms with E-state index in [1.165, 1.54) is 19.3 Å². The van der Waals surface area contributed by atoms with E-state index in [9.17, 15) is 9.59 Å². The number of hydrogen-bond acceptors (Lipinski definition) is 3. The number of benzene rings is 1. The van der Waals surface area contributed by atoms with Gasteiger partial charge in [0, 0.05) is 30.2 Å². The molecule has 3 amide bonds. The molecule has 7 nitrogen and oxygen atoms in total. The standard InChI is InChI=1S/C25H34ClN5O2/c1-17(2)23-22(16-27-31(23)21-10-8-18(26)9-11-21)24(32)28-20-12-14-30(15-13-20)25(33)29-19-6-4-3-5-7-19/h8-11,16-17,19-20H,3-7,12-15H2,1-2H3,(H,28,32)(H,29,33). The molecule has 2 N–H and O–H groups in total. The highest BCUT2D eigenvalue weighted by atomic mass is 35.5. The maximum Gasteiger partial charge on any atom is 0.317 e. The van der Waals surface area contributed by atoms with Crippen LogP contribution < -0.4 is 10.6 Å². The van der Waals surface area contributed by atoms with E-state index in [0.717, 1.165) is 37.1 Å². The molecule has 1 aliphatic carbocycles. The number of urea groups is 1. The molecule has 4 rings (SSSR count). The van der Waals surface area contributed by atoms with Crippen LogP contribution in [0, 0.1) is 0 Å². The Morgan fingerprint density at radius 3 is 2.24 bits per heavy atom. The van der Waals surface area contributed by atoms with Gasteiger partial charge in [0.2, 0.25) is 0 Å². The van der Waals surface area contributed by atoms with E-state index < -0.39 is 0 Å². The normalized spacial score (nSPS) is 17.9. The summed E-state index contributed by atoms with van der Waals surface area (Å²) in [6.45, 7) is 5.43. The minimum atomic E-state index is -0.107. The maximum atomic E-state index is 13.1. The van der Waals surface area contributed by atoms with Gasteiger partial charge in [-0.1, -0.05) is 44.7 Å². The molecule has 2 aliphatic rings. The molecule has 8 heteroatoms. The molecular weight excluding hydrogens is 438 g/mol. The van der Waals surface area contributed by atoms with E-state index in [2.05, 4.69) is 29.6 Å². The molecule has 0 spiro atoms. The van der Waals surface area contributed by atoms with Gasteiger partial charge < -0.3 is 15.5 Å². The number of rotatable bonds is 5. The quantitative estimate of drug-likeness (QED) is 0.651. The summed E-state index contributed by atoms with van der Waals surface area (Å²) in [5.74, 6) is 0.0123. The fourth-order valence-electron chi connectivity index (χ4n) is 4.88. The molecule has 1 saturated heterocycles. The molecule has 1 aliphatic heterocycles. The van der Waals surface area contributed by atoms with Crippen LogP contribution in [0.25, 0.3) is 5.69 Å². The van der Waals surface area contributed by atoms with Crippen molar-refractivity contribution in [2.75, 3.05) is 13.1 Å². The summed E-state index contributed by atoms with van der Waals surface area (Å²) in [6.07, 6.45) is 9.00. The van der Waals surface area contributed by atoms with Gasteiger partial charge >= 0.3 is 6.03 Å². The third-order valence-corrected chi connectivity index (χ3v) is 6.97. The van der Waals surface area contributed by atoms with Crippen molar-refractivity contribution in [1.29, 1.82) is 0 Å². The van der Waals surface area contributed by atoms with Crippen molar-refractivity contribution in [3.63, 3.8) is 0 Å². The number of halogens is 1. The first kappa shape index (κ1) is 23.6. The van der Waals surface area contributed by atoms with Crippen LogP contribution in [-0.2, 0) is 0 Å². The lowest BCUT2D eigenvalue weighted by atomic mass is 9.95. The molecule has 0 atom stereocenters. The van der Waals surface area contributed by atoms with Gasteiger partial charge in [-0.2, -0.15) is 5.10 Å². The molecule has 33 heavy (non-hydrogen) atoms. The van der Waals surface area contributed by atoms with E-state index in [1.54, 1.807) is 6.20 Å². The van der Waals surface area contributed by atoms with E-state index in [1.807, 2.05) is 33.8 Å². The van der Waals surface area contributed by atoms with E-state index >= 15 is 0 Å². The first-order valence-corrected chi connectivity index (χ1v) is 12.5. The van der Waals surface area contributed by atoms with Crippen molar-refractivity contribution in [3.05, 3.63) is 46.7 Å². The van der Waals surface area contributed by atoms with E-state index in [0.29, 0.717) is 29.7 Å². The number of nitrogens with one attached hydrogen (secondary N) is 2. The Balaban J connectivity index is 1.35. The van der Waals surface area contributed by atoms with Gasteiger partial charge in [-0.25, -0.2) is 9.48 Å². The van der Waals surface area contributed by atoms with Crippen molar-refractivity contribution in [2.24, 2.45) is 0 Å². The average molecular weight is 472 g/mol. The monoisotopic (exact) mass is 471 g/mol. The number of amides is 3. The highest BCUT2D eigenvalue weighted by Gasteiger charge is 2.28. The third-order valence-electron chi connectivity index (χ3n) is 6.72. The summed E-state index contributed by atoms with van der Waals surface area (Å²) in [5, 5.41) is 11.5. The lowest BCUT2D eigenvalue weighted by molar-refractivity contribution is 0.0916. The Hall–Kier alpha value is -2.54. The average Bonchev–Trinajstić information content (AvgIpc) is 3.26. The number of carbonyl (C=O) groups excluding carboxylic acids is 2. The summed E-state index contributed by atoms with van der Waals surface area (Å²) < 4.78 is 1.81. The number of carbonyl (C=O) groups is 2. The second-order valence-electron chi connectivity index (χ2n) is 9.51. The fourth-order valence-corrected chi connectivity index (χ4v) is 5.01. The Labute approximate surface area is 200 Å². The molecule has 2 aromatic rings. The second-order valence-corrected chi connectivity index (χ2v) is 9.94. The Kier molecular flexibility index (Phi) is 7.58. The summed E-state index contributed by atoms with van der Waals surface area (Å²) >= 11 is 6.02. The molecule has 0 radical (unpaired) electrons. The van der Waals surface area contributed by atoms with Crippen LogP contribution in [0.15, 0.2) is 30.5 Å². The molecule has 2 fully saturated rings. The van der Waals surface area contributed by atoms with Crippen LogP contribution in [0.2, 0.25) is 5.02 Å². The van der Waals surface area contributed by atoms with E-state index in [-0.39, 0.29) is 23.9 Å². The maximum absolute atomic E-state index is 13.1. The van der Waals surface area contributed by atoms with Crippen molar-refractivity contribution >= 4 is 23.5 Å². The Bertz CT molecular complexity index is 958. The largest absolute Gasteiger partial charge is 0.349 e. The molecule has 1 saturated carbocycles. The minimum Gasteiger partial charge on any atom is -0.349 e. The molecule has 0 bridgehead atoms. The molecule has 2 heterocycles. The minimum absolute atomic E-state index is 0.0398. The van der Waals surface area contributed by atoms with Crippen LogP contribution in [0.4, 0.5) is 4.79 Å². The lowest BCUT2D eigenvalue weighted by Crippen LogP contribution is -2.51. The summed E-state index contributed by atoms with van der Waals surface area (Å²) in [5.41, 5.74) is 2.34. The summed E-state index contributed by atoms with van der Waals surface area (Å²) in [7, 11) is 0. The highest BCUT2D eigenvalue weighted by molar-refractivity contribution is 6.30. The summed E-state index contributed by atoms with van der Waals surface area (Å²) in [6, 6.07) is 7.85. The predicted molar refractivity (Wildman–Crippen MR) is 130 cm³/mol. The van der Waals surface area contributed by atoms with Crippen LogP contribution in [0.3, 0.4) is 0 Å². The van der Waals surface area contributed by atoms with Gasteiger partial charge in [0.15, 0.2) is 0 Å². The number of hydrogen-bond donors (Lipinski definition) is 2. The van der Waals surface area contributed by atoms with Crippen molar-refractivity contribution in [3.8, 4) is 5.69 Å². The van der Waals surface area contributed by atoms with E-state index in [4.69, 9.17) is 11.6 Å². The van der Waals surface area contributed by atoms with Gasteiger partial charge in [0.25, 0.3) is 5.91 Å². The first-order valence-electron chi connectivity index (χ1n) is 12.1. The number of likely N-dealkylation sites (tertiary alicyclic amines) is 1. The summed E-state index contributed by atoms with van der Waals surface area (Å²) in [4.78, 5) is 27.6. The van der Waals surface area contributed by atoms with Gasteiger partial charge in [0.1, 0.15) is 0 Å². The lowest BCUT2D eigenvalue weighted by Gasteiger charge is -2.34. The fraction of sp³-hybridized carbons (Fsp3) is 0.560. The zero-order valence-corrected chi connectivity index (χ0v) is 20.3. The SMILES string of the molecule is CC(C)c1c(C(=O)NC2CCN(C(=O)NC3CCCCC3)CC2)cnn1-c1ccc(Cl)cc1. The topological polar surface area (TPSA) is 79.3 Å². The Morgan fingerprint density at radius 2 is 1.61 bits per heavy atom. The first-order chi connectivity index (χ1) is 15.9. The second kappa shape index (κ2) is 10.6.